The second-order valence-electron chi connectivity index (χ2n) is 3.31. The number of nitrogens with one attached hydrogen (secondary N) is 1. The fraction of sp³-hybridized carbons (Fsp3) is 0.0909. The Kier molecular flexibility index (Phi) is 3.57. The molecule has 18 heavy (non-hydrogen) atoms. The number of halogens is 3. The third kappa shape index (κ3) is 2.65. The summed E-state index contributed by atoms with van der Waals surface area (Å²) in [5.74, 6) is -1.28. The van der Waals surface area contributed by atoms with E-state index in [0.29, 0.717) is 5.69 Å². The van der Waals surface area contributed by atoms with Gasteiger partial charge in [-0.3, -0.25) is 0 Å². The van der Waals surface area contributed by atoms with Crippen LogP contribution in [0.5, 0.6) is 5.75 Å². The molecule has 1 aromatic carbocycles. The van der Waals surface area contributed by atoms with Crippen LogP contribution >= 0.6 is 11.6 Å². The Bertz CT molecular complexity index is 580. The average Bonchev–Trinajstić information content (AvgIpc) is 2.34. The van der Waals surface area contributed by atoms with E-state index in [0.717, 1.165) is 12.3 Å². The van der Waals surface area contributed by atoms with E-state index < -0.39 is 11.6 Å². The molecule has 0 radical (unpaired) electrons. The molecular weight excluding hydrogens is 264 g/mol. The van der Waals surface area contributed by atoms with Crippen LogP contribution < -0.4 is 10.1 Å². The maximum absolute atomic E-state index is 13.4. The van der Waals surface area contributed by atoms with E-state index in [1.807, 2.05) is 0 Å². The number of hydrogen-bond acceptors (Lipinski definition) is 4. The lowest BCUT2D eigenvalue weighted by Crippen LogP contribution is -1.99. The summed E-state index contributed by atoms with van der Waals surface area (Å²) in [6.45, 7) is 0. The van der Waals surface area contributed by atoms with Gasteiger partial charge in [0, 0.05) is 11.8 Å². The minimum atomic E-state index is -0.685. The van der Waals surface area contributed by atoms with Gasteiger partial charge in [-0.05, 0) is 23.7 Å². The molecule has 0 bridgehead atoms. The molecule has 2 rings (SSSR count). The van der Waals surface area contributed by atoms with Crippen LogP contribution in [0.3, 0.4) is 0 Å². The molecule has 1 N–H and O–H groups in total. The Morgan fingerprint density at radius 1 is 1.28 bits per heavy atom. The van der Waals surface area contributed by atoms with Crippen molar-refractivity contribution < 1.29 is 13.5 Å². The number of ether oxygens (including phenoxy) is 1. The number of rotatable bonds is 3. The van der Waals surface area contributed by atoms with Crippen LogP contribution in [0.2, 0.25) is 5.28 Å². The van der Waals surface area contributed by atoms with Crippen LogP contribution in [0.4, 0.5) is 20.3 Å². The number of nitrogens with zero attached hydrogens (tertiary/aromatic N) is 2. The van der Waals surface area contributed by atoms with Gasteiger partial charge in [0.2, 0.25) is 5.28 Å². The second kappa shape index (κ2) is 5.14. The maximum atomic E-state index is 13.4. The van der Waals surface area contributed by atoms with Crippen molar-refractivity contribution in [2.45, 2.75) is 0 Å². The van der Waals surface area contributed by atoms with Gasteiger partial charge in [0.1, 0.15) is 0 Å². The van der Waals surface area contributed by atoms with Gasteiger partial charge in [-0.15, -0.1) is 0 Å². The molecule has 94 valence electrons. The molecule has 0 aliphatic rings. The number of anilines is 2. The number of methoxy groups -OCH3 is 1. The monoisotopic (exact) mass is 271 g/mol. The van der Waals surface area contributed by atoms with Gasteiger partial charge in [-0.25, -0.2) is 13.8 Å². The Labute approximate surface area is 107 Å². The van der Waals surface area contributed by atoms with Gasteiger partial charge in [0.05, 0.1) is 13.3 Å². The molecule has 0 amide bonds. The normalized spacial score (nSPS) is 10.2. The number of benzene rings is 1. The van der Waals surface area contributed by atoms with Crippen molar-refractivity contribution in [2.75, 3.05) is 12.4 Å². The molecule has 0 unspecified atom stereocenters. The van der Waals surface area contributed by atoms with Crippen molar-refractivity contribution in [2.24, 2.45) is 0 Å². The first kappa shape index (κ1) is 12.5. The van der Waals surface area contributed by atoms with E-state index in [1.54, 1.807) is 0 Å². The number of hydrogen-bond donors (Lipinski definition) is 1. The molecule has 4 nitrogen and oxygen atoms in total. The van der Waals surface area contributed by atoms with E-state index >= 15 is 0 Å². The van der Waals surface area contributed by atoms with Gasteiger partial charge in [0.25, 0.3) is 0 Å². The van der Waals surface area contributed by atoms with Crippen molar-refractivity contribution in [3.63, 3.8) is 0 Å². The highest BCUT2D eigenvalue weighted by Crippen LogP contribution is 2.24. The molecule has 0 spiro atoms. The minimum Gasteiger partial charge on any atom is -0.494 e. The highest BCUT2D eigenvalue weighted by atomic mass is 35.5. The summed E-state index contributed by atoms with van der Waals surface area (Å²) in [4.78, 5) is 7.13. The summed E-state index contributed by atoms with van der Waals surface area (Å²) < 4.78 is 31.5. The predicted molar refractivity (Wildman–Crippen MR) is 63.2 cm³/mol. The molecule has 0 saturated carbocycles. The van der Waals surface area contributed by atoms with Crippen LogP contribution in [-0.2, 0) is 0 Å². The average molecular weight is 272 g/mol. The first-order valence-corrected chi connectivity index (χ1v) is 5.26. The van der Waals surface area contributed by atoms with Crippen LogP contribution in [0, 0.1) is 11.6 Å². The summed E-state index contributed by atoms with van der Waals surface area (Å²) in [5.41, 5.74) is 0.321. The van der Waals surface area contributed by atoms with Gasteiger partial charge in [-0.1, -0.05) is 0 Å². The highest BCUT2D eigenvalue weighted by molar-refractivity contribution is 6.28. The molecule has 0 fully saturated rings. The van der Waals surface area contributed by atoms with Crippen LogP contribution in [0.25, 0.3) is 0 Å². The molecule has 1 heterocycles. The zero-order valence-corrected chi connectivity index (χ0v) is 10.0. The Morgan fingerprint density at radius 2 is 2.06 bits per heavy atom. The topological polar surface area (TPSA) is 47.0 Å². The van der Waals surface area contributed by atoms with Crippen LogP contribution in [0.15, 0.2) is 24.4 Å². The molecule has 7 heteroatoms. The Balaban J connectivity index is 2.28. The standard InChI is InChI=1S/C11H8ClF2N3O/c1-18-9-3-2-6(4-7(9)13)16-10-8(14)5-15-11(12)17-10/h2-5H,1H3,(H,15,16,17). The van der Waals surface area contributed by atoms with E-state index in [-0.39, 0.29) is 16.9 Å². The molecular formula is C11H8ClF2N3O. The fourth-order valence-electron chi connectivity index (χ4n) is 1.31. The highest BCUT2D eigenvalue weighted by Gasteiger charge is 2.08. The van der Waals surface area contributed by atoms with E-state index in [4.69, 9.17) is 16.3 Å². The first-order chi connectivity index (χ1) is 8.60. The smallest absolute Gasteiger partial charge is 0.224 e. The van der Waals surface area contributed by atoms with E-state index in [1.165, 1.54) is 19.2 Å². The zero-order chi connectivity index (χ0) is 13.1. The molecule has 0 atom stereocenters. The third-order valence-electron chi connectivity index (χ3n) is 2.13. The van der Waals surface area contributed by atoms with E-state index in [9.17, 15) is 8.78 Å². The second-order valence-corrected chi connectivity index (χ2v) is 3.65. The maximum Gasteiger partial charge on any atom is 0.224 e. The summed E-state index contributed by atoms with van der Waals surface area (Å²) >= 11 is 5.54. The fourth-order valence-corrected chi connectivity index (χ4v) is 1.45. The summed E-state index contributed by atoms with van der Waals surface area (Å²) in [5, 5.41) is 2.50. The van der Waals surface area contributed by atoms with Gasteiger partial charge < -0.3 is 10.1 Å². The molecule has 2 aromatic rings. The summed E-state index contributed by atoms with van der Waals surface area (Å²) in [6.07, 6.45) is 0.928. The van der Waals surface area contributed by atoms with Crippen molar-refractivity contribution >= 4 is 23.1 Å². The SMILES string of the molecule is COc1ccc(Nc2nc(Cl)ncc2F)cc1F. The molecule has 0 saturated heterocycles. The van der Waals surface area contributed by atoms with Crippen LogP contribution in [-0.4, -0.2) is 17.1 Å². The Morgan fingerprint density at radius 3 is 2.72 bits per heavy atom. The van der Waals surface area contributed by atoms with Crippen molar-refractivity contribution in [1.29, 1.82) is 0 Å². The van der Waals surface area contributed by atoms with Crippen LogP contribution in [0.1, 0.15) is 0 Å². The lowest BCUT2D eigenvalue weighted by atomic mass is 10.3. The van der Waals surface area contributed by atoms with E-state index in [2.05, 4.69) is 15.3 Å². The molecule has 0 aliphatic carbocycles. The Hall–Kier alpha value is -1.95. The lowest BCUT2D eigenvalue weighted by Gasteiger charge is -2.08. The first-order valence-electron chi connectivity index (χ1n) is 4.89. The summed E-state index contributed by atoms with van der Waals surface area (Å²) in [7, 11) is 1.36. The van der Waals surface area contributed by atoms with Gasteiger partial charge >= 0.3 is 0 Å². The van der Waals surface area contributed by atoms with Crippen molar-refractivity contribution in [3.8, 4) is 5.75 Å². The third-order valence-corrected chi connectivity index (χ3v) is 2.31. The van der Waals surface area contributed by atoms with Crippen molar-refractivity contribution in [3.05, 3.63) is 41.3 Å². The quantitative estimate of drug-likeness (QED) is 0.871. The molecule has 1 aromatic heterocycles. The minimum absolute atomic E-state index is 0.0988. The largest absolute Gasteiger partial charge is 0.494 e. The van der Waals surface area contributed by atoms with Gasteiger partial charge in [-0.2, -0.15) is 4.98 Å². The predicted octanol–water partition coefficient (Wildman–Crippen LogP) is 3.16. The molecule has 0 aliphatic heterocycles. The number of aromatic nitrogens is 2. The lowest BCUT2D eigenvalue weighted by molar-refractivity contribution is 0.386. The zero-order valence-electron chi connectivity index (χ0n) is 9.25. The van der Waals surface area contributed by atoms with Crippen molar-refractivity contribution in [1.82, 2.24) is 9.97 Å². The van der Waals surface area contributed by atoms with Gasteiger partial charge in [0.15, 0.2) is 23.2 Å². The summed E-state index contributed by atoms with van der Waals surface area (Å²) in [6, 6.07) is 4.10.